The van der Waals surface area contributed by atoms with E-state index >= 15 is 0 Å². The molecule has 0 fully saturated rings. The molecule has 0 aliphatic heterocycles. The Balaban J connectivity index is 1.98. The second-order valence-electron chi connectivity index (χ2n) is 5.04. The molecule has 118 valence electrons. The molecule has 1 N–H and O–H groups in total. The molecule has 3 aromatic rings. The van der Waals surface area contributed by atoms with E-state index in [2.05, 4.69) is 10.3 Å². The van der Waals surface area contributed by atoms with Crippen molar-refractivity contribution < 1.29 is 9.21 Å². The Hall–Kier alpha value is -3.16. The number of furan rings is 1. The van der Waals surface area contributed by atoms with Crippen LogP contribution in [0.2, 0.25) is 0 Å². The minimum Gasteiger partial charge on any atom is -0.467 e. The highest BCUT2D eigenvalue weighted by molar-refractivity contribution is 5.94. The van der Waals surface area contributed by atoms with Crippen LogP contribution in [0.4, 0.5) is 0 Å². The lowest BCUT2D eigenvalue weighted by Crippen LogP contribution is -2.37. The first kappa shape index (κ1) is 14.8. The fourth-order valence-electron chi connectivity index (χ4n) is 2.25. The van der Waals surface area contributed by atoms with Gasteiger partial charge in [-0.2, -0.15) is 0 Å². The molecule has 3 aromatic heterocycles. The van der Waals surface area contributed by atoms with Crippen LogP contribution in [0.25, 0.3) is 11.0 Å². The normalized spacial score (nSPS) is 10.9. The summed E-state index contributed by atoms with van der Waals surface area (Å²) in [7, 11) is 2.90. The monoisotopic (exact) mass is 314 g/mol. The van der Waals surface area contributed by atoms with Crippen molar-refractivity contribution in [1.82, 2.24) is 19.4 Å². The Morgan fingerprint density at radius 3 is 2.70 bits per heavy atom. The van der Waals surface area contributed by atoms with Crippen molar-refractivity contribution in [2.24, 2.45) is 14.1 Å². The Kier molecular flexibility index (Phi) is 3.57. The Morgan fingerprint density at radius 1 is 1.22 bits per heavy atom. The number of pyridine rings is 1. The predicted molar refractivity (Wildman–Crippen MR) is 82.1 cm³/mol. The second kappa shape index (κ2) is 5.56. The summed E-state index contributed by atoms with van der Waals surface area (Å²) in [4.78, 5) is 40.3. The van der Waals surface area contributed by atoms with Gasteiger partial charge in [-0.1, -0.05) is 0 Å². The average Bonchev–Trinajstić information content (AvgIpc) is 3.08. The highest BCUT2D eigenvalue weighted by Crippen LogP contribution is 2.07. The maximum Gasteiger partial charge on any atom is 0.332 e. The molecule has 8 nitrogen and oxygen atoms in total. The van der Waals surface area contributed by atoms with Crippen LogP contribution >= 0.6 is 0 Å². The van der Waals surface area contributed by atoms with Gasteiger partial charge in [0.1, 0.15) is 17.1 Å². The van der Waals surface area contributed by atoms with Gasteiger partial charge in [-0.3, -0.25) is 18.7 Å². The summed E-state index contributed by atoms with van der Waals surface area (Å²) in [6.45, 7) is 0.223. The van der Waals surface area contributed by atoms with Crippen molar-refractivity contribution in [2.45, 2.75) is 6.54 Å². The molecule has 0 aromatic carbocycles. The van der Waals surface area contributed by atoms with Gasteiger partial charge in [-0.15, -0.1) is 0 Å². The Bertz CT molecular complexity index is 999. The number of nitrogens with one attached hydrogen (secondary N) is 1. The van der Waals surface area contributed by atoms with Crippen LogP contribution in [0.5, 0.6) is 0 Å². The standard InChI is InChI=1S/C15H14N4O4/c1-18-12-10(14(21)19(2)15(18)22)5-6-11(17-12)13(20)16-8-9-4-3-7-23-9/h3-7H,8H2,1-2H3,(H,16,20). The SMILES string of the molecule is Cn1c(=O)c2ccc(C(=O)NCc3ccco3)nc2n(C)c1=O. The molecule has 0 bridgehead atoms. The van der Waals surface area contributed by atoms with Crippen LogP contribution < -0.4 is 16.6 Å². The number of carbonyl (C=O) groups excluding carboxylic acids is 1. The van der Waals surface area contributed by atoms with E-state index in [1.807, 2.05) is 0 Å². The number of nitrogens with zero attached hydrogens (tertiary/aromatic N) is 3. The first-order chi connectivity index (χ1) is 11.0. The van der Waals surface area contributed by atoms with Gasteiger partial charge in [0.2, 0.25) is 0 Å². The van der Waals surface area contributed by atoms with Crippen molar-refractivity contribution in [3.8, 4) is 0 Å². The second-order valence-corrected chi connectivity index (χ2v) is 5.04. The van der Waals surface area contributed by atoms with E-state index in [1.54, 1.807) is 12.1 Å². The van der Waals surface area contributed by atoms with Crippen molar-refractivity contribution in [1.29, 1.82) is 0 Å². The summed E-state index contributed by atoms with van der Waals surface area (Å²) in [6, 6.07) is 6.40. The Morgan fingerprint density at radius 2 is 2.00 bits per heavy atom. The maximum atomic E-state index is 12.1. The molecule has 0 saturated heterocycles. The zero-order valence-corrected chi connectivity index (χ0v) is 12.6. The van der Waals surface area contributed by atoms with E-state index < -0.39 is 17.2 Å². The molecule has 0 radical (unpaired) electrons. The van der Waals surface area contributed by atoms with Gasteiger partial charge in [0.25, 0.3) is 11.5 Å². The van der Waals surface area contributed by atoms with Crippen LogP contribution in [0, 0.1) is 0 Å². The van der Waals surface area contributed by atoms with Crippen molar-refractivity contribution in [3.05, 3.63) is 62.8 Å². The quantitative estimate of drug-likeness (QED) is 0.742. The molecule has 8 heteroatoms. The van der Waals surface area contributed by atoms with Crippen LogP contribution in [-0.4, -0.2) is 20.0 Å². The highest BCUT2D eigenvalue weighted by atomic mass is 16.3. The van der Waals surface area contributed by atoms with E-state index in [0.717, 1.165) is 4.57 Å². The zero-order chi connectivity index (χ0) is 16.6. The van der Waals surface area contributed by atoms with Crippen molar-refractivity contribution in [3.63, 3.8) is 0 Å². The van der Waals surface area contributed by atoms with Gasteiger partial charge in [-0.05, 0) is 24.3 Å². The number of amides is 1. The van der Waals surface area contributed by atoms with E-state index in [4.69, 9.17) is 4.42 Å². The van der Waals surface area contributed by atoms with Gasteiger partial charge in [0, 0.05) is 14.1 Å². The van der Waals surface area contributed by atoms with Crippen LogP contribution in [0.15, 0.2) is 44.5 Å². The van der Waals surface area contributed by atoms with E-state index in [1.165, 1.54) is 37.1 Å². The lowest BCUT2D eigenvalue weighted by molar-refractivity contribution is 0.0943. The molecule has 0 atom stereocenters. The fraction of sp³-hybridized carbons (Fsp3) is 0.200. The van der Waals surface area contributed by atoms with E-state index in [9.17, 15) is 14.4 Å². The Labute approximate surface area is 130 Å². The van der Waals surface area contributed by atoms with E-state index in [0.29, 0.717) is 5.76 Å². The van der Waals surface area contributed by atoms with Gasteiger partial charge in [0.05, 0.1) is 18.2 Å². The summed E-state index contributed by atoms with van der Waals surface area (Å²) >= 11 is 0. The van der Waals surface area contributed by atoms with Crippen molar-refractivity contribution in [2.75, 3.05) is 0 Å². The third-order valence-corrected chi connectivity index (χ3v) is 3.54. The summed E-state index contributed by atoms with van der Waals surface area (Å²) in [5, 5.41) is 2.94. The number of hydrogen-bond acceptors (Lipinski definition) is 5. The van der Waals surface area contributed by atoms with Crippen LogP contribution in [0.1, 0.15) is 16.2 Å². The molecule has 0 aliphatic carbocycles. The van der Waals surface area contributed by atoms with Gasteiger partial charge in [-0.25, -0.2) is 9.78 Å². The smallest absolute Gasteiger partial charge is 0.332 e. The summed E-state index contributed by atoms with van der Waals surface area (Å²) in [6.07, 6.45) is 1.52. The van der Waals surface area contributed by atoms with Crippen LogP contribution in [0.3, 0.4) is 0 Å². The number of hydrogen-bond donors (Lipinski definition) is 1. The minimum absolute atomic E-state index is 0.118. The summed E-state index contributed by atoms with van der Waals surface area (Å²) in [5.74, 6) is 0.192. The average molecular weight is 314 g/mol. The molecule has 3 rings (SSSR count). The molecule has 0 unspecified atom stereocenters. The maximum absolute atomic E-state index is 12.1. The van der Waals surface area contributed by atoms with Crippen molar-refractivity contribution >= 4 is 16.9 Å². The molecule has 1 amide bonds. The van der Waals surface area contributed by atoms with Gasteiger partial charge >= 0.3 is 5.69 Å². The fourth-order valence-corrected chi connectivity index (χ4v) is 2.25. The van der Waals surface area contributed by atoms with Crippen LogP contribution in [-0.2, 0) is 20.6 Å². The summed E-state index contributed by atoms with van der Waals surface area (Å²) < 4.78 is 7.37. The number of aryl methyl sites for hydroxylation is 1. The van der Waals surface area contributed by atoms with Gasteiger partial charge < -0.3 is 9.73 Å². The first-order valence-electron chi connectivity index (χ1n) is 6.86. The molecule has 0 saturated carbocycles. The number of rotatable bonds is 3. The molecule has 3 heterocycles. The molecular formula is C15H14N4O4. The van der Waals surface area contributed by atoms with E-state index in [-0.39, 0.29) is 23.3 Å². The largest absolute Gasteiger partial charge is 0.467 e. The predicted octanol–water partition coefficient (Wildman–Crippen LogP) is 0.155. The number of carbonyl (C=O) groups is 1. The molecular weight excluding hydrogens is 300 g/mol. The zero-order valence-electron chi connectivity index (χ0n) is 12.6. The summed E-state index contributed by atoms with van der Waals surface area (Å²) in [5.41, 5.74) is -0.655. The minimum atomic E-state index is -0.497. The first-order valence-corrected chi connectivity index (χ1v) is 6.86. The number of aromatic nitrogens is 3. The van der Waals surface area contributed by atoms with Gasteiger partial charge in [0.15, 0.2) is 0 Å². The molecule has 0 aliphatic rings. The lowest BCUT2D eigenvalue weighted by atomic mass is 10.2. The topological polar surface area (TPSA) is 99.1 Å². The molecule has 0 spiro atoms. The molecule has 23 heavy (non-hydrogen) atoms. The lowest BCUT2D eigenvalue weighted by Gasteiger charge is -2.08. The third kappa shape index (κ3) is 2.54. The number of fused-ring (bicyclic) bond motifs is 1. The highest BCUT2D eigenvalue weighted by Gasteiger charge is 2.13. The third-order valence-electron chi connectivity index (χ3n) is 3.54.